The van der Waals surface area contributed by atoms with Crippen LogP contribution < -0.4 is 14.8 Å². The first-order chi connectivity index (χ1) is 12.1. The van der Waals surface area contributed by atoms with Crippen LogP contribution in [0.15, 0.2) is 23.4 Å². The van der Waals surface area contributed by atoms with Crippen LogP contribution in [0.5, 0.6) is 11.5 Å². The van der Waals surface area contributed by atoms with E-state index in [9.17, 15) is 4.79 Å². The molecule has 1 aliphatic rings. The first kappa shape index (κ1) is 17.5. The Morgan fingerprint density at radius 1 is 1.32 bits per heavy atom. The third-order valence-corrected chi connectivity index (χ3v) is 4.56. The molecule has 0 bridgehead atoms. The van der Waals surface area contributed by atoms with Gasteiger partial charge in [0.2, 0.25) is 11.1 Å². The summed E-state index contributed by atoms with van der Waals surface area (Å²) in [6.45, 7) is 5.70. The number of nitrogens with one attached hydrogen (secondary N) is 1. The van der Waals surface area contributed by atoms with Gasteiger partial charge in [-0.25, -0.2) is 4.68 Å². The number of benzene rings is 1. The van der Waals surface area contributed by atoms with Crippen molar-refractivity contribution in [3.05, 3.63) is 23.8 Å². The summed E-state index contributed by atoms with van der Waals surface area (Å²) in [6.07, 6.45) is 0.733. The van der Waals surface area contributed by atoms with E-state index >= 15 is 0 Å². The minimum absolute atomic E-state index is 0.0409. The molecule has 3 rings (SSSR count). The molecular formula is C16H21N5O3S. The number of carbonyl (C=O) groups is 1. The van der Waals surface area contributed by atoms with Crippen molar-refractivity contribution in [2.24, 2.45) is 0 Å². The summed E-state index contributed by atoms with van der Waals surface area (Å²) in [5.41, 5.74) is 1.10. The van der Waals surface area contributed by atoms with Gasteiger partial charge in [-0.05, 0) is 48.4 Å². The van der Waals surface area contributed by atoms with E-state index in [1.807, 2.05) is 32.0 Å². The maximum Gasteiger partial charge on any atom is 0.230 e. The number of fused-ring (bicyclic) bond motifs is 1. The molecule has 0 saturated carbocycles. The van der Waals surface area contributed by atoms with Gasteiger partial charge in [0.05, 0.1) is 11.8 Å². The van der Waals surface area contributed by atoms with Gasteiger partial charge < -0.3 is 14.8 Å². The number of hydrogen-bond acceptors (Lipinski definition) is 7. The van der Waals surface area contributed by atoms with E-state index in [0.717, 1.165) is 23.5 Å². The van der Waals surface area contributed by atoms with Gasteiger partial charge in [-0.1, -0.05) is 17.8 Å². The maximum absolute atomic E-state index is 12.0. The fraction of sp³-hybridized carbons (Fsp3) is 0.500. The molecule has 0 atom stereocenters. The molecule has 1 aliphatic heterocycles. The number of hydrogen-bond donors (Lipinski definition) is 1. The Balaban J connectivity index is 1.43. The highest BCUT2D eigenvalue weighted by atomic mass is 32.2. The number of ether oxygens (including phenoxy) is 2. The fourth-order valence-corrected chi connectivity index (χ4v) is 3.21. The van der Waals surface area contributed by atoms with Gasteiger partial charge in [0.1, 0.15) is 13.2 Å². The van der Waals surface area contributed by atoms with Crippen molar-refractivity contribution in [3.63, 3.8) is 0 Å². The minimum Gasteiger partial charge on any atom is -0.486 e. The topological polar surface area (TPSA) is 91.2 Å². The molecule has 1 aromatic carbocycles. The van der Waals surface area contributed by atoms with E-state index in [-0.39, 0.29) is 17.7 Å². The molecule has 0 aliphatic carbocycles. The highest BCUT2D eigenvalue weighted by molar-refractivity contribution is 7.99. The number of rotatable bonds is 7. The number of nitrogens with zero attached hydrogens (tertiary/aromatic N) is 4. The number of carbonyl (C=O) groups excluding carboxylic acids is 1. The Hall–Kier alpha value is -2.29. The third kappa shape index (κ3) is 4.62. The van der Waals surface area contributed by atoms with Gasteiger partial charge in [-0.15, -0.1) is 5.10 Å². The normalized spacial score (nSPS) is 13.1. The van der Waals surface area contributed by atoms with Crippen LogP contribution in [0, 0.1) is 0 Å². The molecule has 1 aromatic heterocycles. The molecule has 0 saturated heterocycles. The zero-order valence-electron chi connectivity index (χ0n) is 14.3. The van der Waals surface area contributed by atoms with Crippen LogP contribution in [0.3, 0.4) is 0 Å². The largest absolute Gasteiger partial charge is 0.486 e. The average Bonchev–Trinajstić information content (AvgIpc) is 3.09. The molecule has 0 unspecified atom stereocenters. The minimum atomic E-state index is -0.0409. The lowest BCUT2D eigenvalue weighted by molar-refractivity contribution is -0.118. The zero-order chi connectivity index (χ0) is 17.6. The lowest BCUT2D eigenvalue weighted by atomic mass is 10.1. The molecule has 0 spiro atoms. The highest BCUT2D eigenvalue weighted by Gasteiger charge is 2.13. The van der Waals surface area contributed by atoms with Crippen LogP contribution >= 0.6 is 11.8 Å². The lowest BCUT2D eigenvalue weighted by Gasteiger charge is -2.18. The van der Waals surface area contributed by atoms with E-state index < -0.39 is 0 Å². The first-order valence-corrected chi connectivity index (χ1v) is 9.18. The van der Waals surface area contributed by atoms with Gasteiger partial charge in [0.25, 0.3) is 0 Å². The van der Waals surface area contributed by atoms with Crippen molar-refractivity contribution >= 4 is 17.7 Å². The van der Waals surface area contributed by atoms with E-state index in [4.69, 9.17) is 9.47 Å². The van der Waals surface area contributed by atoms with Gasteiger partial charge in [0, 0.05) is 6.54 Å². The smallest absolute Gasteiger partial charge is 0.230 e. The van der Waals surface area contributed by atoms with E-state index in [2.05, 4.69) is 20.8 Å². The van der Waals surface area contributed by atoms with E-state index in [0.29, 0.717) is 24.9 Å². The molecule has 1 N–H and O–H groups in total. The van der Waals surface area contributed by atoms with E-state index in [1.165, 1.54) is 11.8 Å². The Labute approximate surface area is 150 Å². The van der Waals surface area contributed by atoms with Crippen molar-refractivity contribution in [3.8, 4) is 11.5 Å². The average molecular weight is 363 g/mol. The summed E-state index contributed by atoms with van der Waals surface area (Å²) in [4.78, 5) is 12.0. The van der Waals surface area contributed by atoms with Gasteiger partial charge in [0.15, 0.2) is 11.5 Å². The van der Waals surface area contributed by atoms with Crippen molar-refractivity contribution in [2.45, 2.75) is 31.5 Å². The second-order valence-corrected chi connectivity index (χ2v) is 6.81. The Bertz CT molecular complexity index is 734. The summed E-state index contributed by atoms with van der Waals surface area (Å²) in [5, 5.41) is 15.1. The van der Waals surface area contributed by atoms with E-state index in [1.54, 1.807) is 4.68 Å². The van der Waals surface area contributed by atoms with Crippen molar-refractivity contribution in [1.29, 1.82) is 0 Å². The van der Waals surface area contributed by atoms with Crippen LogP contribution in [-0.2, 0) is 11.2 Å². The molecule has 2 aromatic rings. The van der Waals surface area contributed by atoms with Crippen LogP contribution in [-0.4, -0.2) is 51.6 Å². The second kappa shape index (κ2) is 8.19. The molecule has 2 heterocycles. The highest BCUT2D eigenvalue weighted by Crippen LogP contribution is 2.30. The summed E-state index contributed by atoms with van der Waals surface area (Å²) >= 11 is 1.33. The van der Waals surface area contributed by atoms with Crippen molar-refractivity contribution < 1.29 is 14.3 Å². The van der Waals surface area contributed by atoms with Crippen molar-refractivity contribution in [1.82, 2.24) is 25.5 Å². The Morgan fingerprint density at radius 2 is 2.12 bits per heavy atom. The number of amides is 1. The molecule has 134 valence electrons. The van der Waals surface area contributed by atoms with Crippen LogP contribution in [0.25, 0.3) is 0 Å². The summed E-state index contributed by atoms with van der Waals surface area (Å²) < 4.78 is 12.8. The third-order valence-electron chi connectivity index (χ3n) is 3.63. The number of aromatic nitrogens is 4. The quantitative estimate of drug-likeness (QED) is 0.745. The van der Waals surface area contributed by atoms with Gasteiger partial charge in [-0.2, -0.15) is 0 Å². The summed E-state index contributed by atoms with van der Waals surface area (Å²) in [6, 6.07) is 6.03. The van der Waals surface area contributed by atoms with Crippen LogP contribution in [0.2, 0.25) is 0 Å². The van der Waals surface area contributed by atoms with Crippen molar-refractivity contribution in [2.75, 3.05) is 25.5 Å². The van der Waals surface area contributed by atoms with Gasteiger partial charge >= 0.3 is 0 Å². The standard InChI is InChI=1S/C16H21N5O3S/c1-11(2)21-16(18-19-20-21)25-10-15(22)17-6-5-12-3-4-13-14(9-12)24-8-7-23-13/h3-4,9,11H,5-8,10H2,1-2H3,(H,17,22). The van der Waals surface area contributed by atoms with Crippen LogP contribution in [0.4, 0.5) is 0 Å². The molecule has 0 fully saturated rings. The summed E-state index contributed by atoms with van der Waals surface area (Å²) in [5.74, 6) is 1.79. The lowest BCUT2D eigenvalue weighted by Crippen LogP contribution is -2.27. The summed E-state index contributed by atoms with van der Waals surface area (Å²) in [7, 11) is 0. The Kier molecular flexibility index (Phi) is 5.75. The number of thioether (sulfide) groups is 1. The van der Waals surface area contributed by atoms with Crippen LogP contribution in [0.1, 0.15) is 25.5 Å². The predicted molar refractivity (Wildman–Crippen MR) is 93.1 cm³/mol. The first-order valence-electron chi connectivity index (χ1n) is 8.19. The number of tetrazole rings is 1. The SMILES string of the molecule is CC(C)n1nnnc1SCC(=O)NCCc1ccc2c(c1)OCCO2. The fourth-order valence-electron chi connectivity index (χ4n) is 2.38. The molecule has 0 radical (unpaired) electrons. The van der Waals surface area contributed by atoms with Gasteiger partial charge in [-0.3, -0.25) is 4.79 Å². The zero-order valence-corrected chi connectivity index (χ0v) is 15.1. The predicted octanol–water partition coefficient (Wildman–Crippen LogP) is 1.48. The maximum atomic E-state index is 12.0. The second-order valence-electron chi connectivity index (χ2n) is 5.87. The monoisotopic (exact) mass is 363 g/mol. The Morgan fingerprint density at radius 3 is 2.92 bits per heavy atom. The molecule has 9 heteroatoms. The molecule has 1 amide bonds. The molecule has 8 nitrogen and oxygen atoms in total. The molecular weight excluding hydrogens is 342 g/mol. The molecule has 25 heavy (non-hydrogen) atoms.